The molecule has 2 aromatic rings. The molecule has 8 heteroatoms. The van der Waals surface area contributed by atoms with Gasteiger partial charge in [0.15, 0.2) is 11.2 Å². The molecule has 1 saturated carbocycles. The largest absolute Gasteiger partial charge is 0.341 e. The Bertz CT molecular complexity index is 887. The number of carbonyl (C=O) groups excluding carboxylic acids is 1. The van der Waals surface area contributed by atoms with Crippen LogP contribution in [0.5, 0.6) is 0 Å². The molecule has 1 fully saturated rings. The summed E-state index contributed by atoms with van der Waals surface area (Å²) in [7, 11) is 3.26. The van der Waals surface area contributed by atoms with Crippen LogP contribution >= 0.6 is 0 Å². The molecule has 24 heavy (non-hydrogen) atoms. The molecule has 2 heterocycles. The average molecular weight is 333 g/mol. The number of amides is 1. The first-order chi connectivity index (χ1) is 11.4. The molecule has 0 saturated heterocycles. The predicted octanol–water partition coefficient (Wildman–Crippen LogP) is 0.0823. The molecule has 1 amide bonds. The van der Waals surface area contributed by atoms with Gasteiger partial charge in [-0.3, -0.25) is 14.2 Å². The van der Waals surface area contributed by atoms with Gasteiger partial charge in [0, 0.05) is 27.2 Å². The van der Waals surface area contributed by atoms with Gasteiger partial charge >= 0.3 is 5.69 Å². The minimum atomic E-state index is -0.512. The second-order valence-electron chi connectivity index (χ2n) is 6.54. The van der Waals surface area contributed by atoms with E-state index in [2.05, 4.69) is 4.98 Å². The van der Waals surface area contributed by atoms with Crippen molar-refractivity contribution >= 4 is 17.1 Å². The highest BCUT2D eigenvalue weighted by Gasteiger charge is 2.27. The Balaban J connectivity index is 1.96. The van der Waals surface area contributed by atoms with E-state index in [1.807, 2.05) is 6.92 Å². The fraction of sp³-hybridized carbons (Fsp3) is 0.625. The Morgan fingerprint density at radius 3 is 2.67 bits per heavy atom. The number of aryl methyl sites for hydroxylation is 2. The van der Waals surface area contributed by atoms with E-state index in [1.54, 1.807) is 23.6 Å². The van der Waals surface area contributed by atoms with Crippen LogP contribution in [0.1, 0.15) is 26.2 Å². The molecule has 1 aliphatic rings. The molecule has 0 bridgehead atoms. The smallest absolute Gasteiger partial charge is 0.332 e. The standard InChI is InChI=1S/C16H23N5O3/c1-4-7-20(8-11-5-6-11)12(22)9-21-15(23)13-14(17-10-18(13)2)19(3)16(21)24/h10-11H,4-9H2,1-3H3. The monoisotopic (exact) mass is 333 g/mol. The topological polar surface area (TPSA) is 82.1 Å². The maximum atomic E-state index is 12.7. The number of fused-ring (bicyclic) bond motifs is 1. The Labute approximate surface area is 139 Å². The maximum Gasteiger partial charge on any atom is 0.332 e. The molecule has 2 aromatic heterocycles. The molecule has 0 aliphatic heterocycles. The van der Waals surface area contributed by atoms with Crippen molar-refractivity contribution in [2.24, 2.45) is 20.0 Å². The summed E-state index contributed by atoms with van der Waals surface area (Å²) < 4.78 is 3.91. The first-order valence-corrected chi connectivity index (χ1v) is 8.32. The lowest BCUT2D eigenvalue weighted by Crippen LogP contribution is -2.45. The summed E-state index contributed by atoms with van der Waals surface area (Å²) in [6, 6.07) is 0. The first-order valence-electron chi connectivity index (χ1n) is 8.32. The fourth-order valence-corrected chi connectivity index (χ4v) is 2.97. The minimum absolute atomic E-state index is 0.176. The van der Waals surface area contributed by atoms with E-state index < -0.39 is 11.2 Å². The molecular formula is C16H23N5O3. The van der Waals surface area contributed by atoms with Crippen LogP contribution in [-0.4, -0.2) is 42.6 Å². The van der Waals surface area contributed by atoms with Crippen molar-refractivity contribution in [1.82, 2.24) is 23.6 Å². The summed E-state index contributed by atoms with van der Waals surface area (Å²) in [5.74, 6) is 0.393. The third kappa shape index (κ3) is 2.88. The number of imidazole rings is 1. The molecule has 1 aliphatic carbocycles. The Hall–Kier alpha value is -2.38. The molecule has 0 aromatic carbocycles. The Morgan fingerprint density at radius 2 is 2.04 bits per heavy atom. The van der Waals surface area contributed by atoms with Crippen molar-refractivity contribution in [3.63, 3.8) is 0 Å². The summed E-state index contributed by atoms with van der Waals surface area (Å²) in [5.41, 5.74) is -0.319. The normalized spacial score (nSPS) is 14.3. The summed E-state index contributed by atoms with van der Waals surface area (Å²) in [6.45, 7) is 3.16. The lowest BCUT2D eigenvalue weighted by molar-refractivity contribution is -0.132. The van der Waals surface area contributed by atoms with E-state index in [1.165, 1.54) is 10.9 Å². The number of hydrogen-bond donors (Lipinski definition) is 0. The third-order valence-electron chi connectivity index (χ3n) is 4.52. The molecule has 0 radical (unpaired) electrons. The van der Waals surface area contributed by atoms with Crippen molar-refractivity contribution in [1.29, 1.82) is 0 Å². The van der Waals surface area contributed by atoms with Gasteiger partial charge in [0.1, 0.15) is 6.54 Å². The average Bonchev–Trinajstić information content (AvgIpc) is 3.28. The van der Waals surface area contributed by atoms with Crippen LogP contribution in [-0.2, 0) is 25.4 Å². The van der Waals surface area contributed by atoms with Crippen molar-refractivity contribution in [3.8, 4) is 0 Å². The predicted molar refractivity (Wildman–Crippen MR) is 89.8 cm³/mol. The van der Waals surface area contributed by atoms with Gasteiger partial charge in [-0.05, 0) is 25.2 Å². The van der Waals surface area contributed by atoms with Gasteiger partial charge < -0.3 is 9.47 Å². The van der Waals surface area contributed by atoms with Gasteiger partial charge in [0.2, 0.25) is 5.91 Å². The Morgan fingerprint density at radius 1 is 1.33 bits per heavy atom. The van der Waals surface area contributed by atoms with Crippen LogP contribution in [0.3, 0.4) is 0 Å². The lowest BCUT2D eigenvalue weighted by atomic mass is 10.3. The first kappa shape index (κ1) is 16.5. The van der Waals surface area contributed by atoms with E-state index in [9.17, 15) is 14.4 Å². The van der Waals surface area contributed by atoms with E-state index >= 15 is 0 Å². The molecule has 130 valence electrons. The molecule has 0 spiro atoms. The number of hydrogen-bond acceptors (Lipinski definition) is 4. The third-order valence-corrected chi connectivity index (χ3v) is 4.52. The maximum absolute atomic E-state index is 12.7. The Kier molecular flexibility index (Phi) is 4.29. The number of nitrogens with zero attached hydrogens (tertiary/aromatic N) is 5. The van der Waals surface area contributed by atoms with Crippen molar-refractivity contribution in [2.45, 2.75) is 32.7 Å². The quantitative estimate of drug-likeness (QED) is 0.750. The van der Waals surface area contributed by atoms with E-state index in [-0.39, 0.29) is 12.5 Å². The second-order valence-corrected chi connectivity index (χ2v) is 6.54. The van der Waals surface area contributed by atoms with Crippen molar-refractivity contribution < 1.29 is 4.79 Å². The zero-order chi connectivity index (χ0) is 17.4. The summed E-state index contributed by atoms with van der Waals surface area (Å²) in [6.07, 6.45) is 4.65. The van der Waals surface area contributed by atoms with Gasteiger partial charge in [-0.25, -0.2) is 14.3 Å². The highest BCUT2D eigenvalue weighted by molar-refractivity contribution is 5.77. The summed E-state index contributed by atoms with van der Waals surface area (Å²) >= 11 is 0. The van der Waals surface area contributed by atoms with Crippen LogP contribution in [0.15, 0.2) is 15.9 Å². The lowest BCUT2D eigenvalue weighted by Gasteiger charge is -2.22. The van der Waals surface area contributed by atoms with Crippen LogP contribution in [0.4, 0.5) is 0 Å². The number of rotatable bonds is 6. The highest BCUT2D eigenvalue weighted by atomic mass is 16.2. The van der Waals surface area contributed by atoms with Crippen LogP contribution in [0, 0.1) is 5.92 Å². The second kappa shape index (κ2) is 6.26. The number of aromatic nitrogens is 4. The number of carbonyl (C=O) groups is 1. The SMILES string of the molecule is CCCN(CC1CC1)C(=O)Cn1c(=O)c2c(ncn2C)n(C)c1=O. The minimum Gasteiger partial charge on any atom is -0.341 e. The van der Waals surface area contributed by atoms with E-state index in [0.717, 1.165) is 30.4 Å². The van der Waals surface area contributed by atoms with E-state index in [0.29, 0.717) is 23.6 Å². The zero-order valence-electron chi connectivity index (χ0n) is 14.4. The van der Waals surface area contributed by atoms with E-state index in [4.69, 9.17) is 0 Å². The van der Waals surface area contributed by atoms with Crippen LogP contribution < -0.4 is 11.2 Å². The molecular weight excluding hydrogens is 310 g/mol. The molecule has 8 nitrogen and oxygen atoms in total. The zero-order valence-corrected chi connectivity index (χ0v) is 14.4. The van der Waals surface area contributed by atoms with Crippen LogP contribution in [0.25, 0.3) is 11.2 Å². The van der Waals surface area contributed by atoms with Crippen molar-refractivity contribution in [2.75, 3.05) is 13.1 Å². The highest BCUT2D eigenvalue weighted by Crippen LogP contribution is 2.29. The molecule has 3 rings (SSSR count). The van der Waals surface area contributed by atoms with Gasteiger partial charge in [-0.15, -0.1) is 0 Å². The molecule has 0 atom stereocenters. The van der Waals surface area contributed by atoms with Gasteiger partial charge in [-0.1, -0.05) is 6.92 Å². The summed E-state index contributed by atoms with van der Waals surface area (Å²) in [4.78, 5) is 43.6. The van der Waals surface area contributed by atoms with Gasteiger partial charge in [-0.2, -0.15) is 0 Å². The fourth-order valence-electron chi connectivity index (χ4n) is 2.97. The van der Waals surface area contributed by atoms with Crippen molar-refractivity contribution in [3.05, 3.63) is 27.2 Å². The van der Waals surface area contributed by atoms with Gasteiger partial charge in [0.25, 0.3) is 5.56 Å². The van der Waals surface area contributed by atoms with Crippen LogP contribution in [0.2, 0.25) is 0 Å². The molecule has 0 N–H and O–H groups in total. The molecule has 0 unspecified atom stereocenters. The summed E-state index contributed by atoms with van der Waals surface area (Å²) in [5, 5.41) is 0. The van der Waals surface area contributed by atoms with Gasteiger partial charge in [0.05, 0.1) is 6.33 Å².